The van der Waals surface area contributed by atoms with Gasteiger partial charge in [0.15, 0.2) is 0 Å². The average Bonchev–Trinajstić information content (AvgIpc) is 2.54. The molecule has 3 rings (SSSR count). The molecular formula is C17H15BrFNO2. The third-order valence-electron chi connectivity index (χ3n) is 3.65. The molecule has 1 amide bonds. The van der Waals surface area contributed by atoms with Crippen molar-refractivity contribution in [2.45, 2.75) is 6.10 Å². The lowest BCUT2D eigenvalue weighted by Crippen LogP contribution is -2.42. The van der Waals surface area contributed by atoms with E-state index < -0.39 is 5.82 Å². The summed E-state index contributed by atoms with van der Waals surface area (Å²) >= 11 is 3.44. The molecule has 114 valence electrons. The van der Waals surface area contributed by atoms with E-state index in [1.165, 1.54) is 12.1 Å². The van der Waals surface area contributed by atoms with Crippen LogP contribution in [-0.4, -0.2) is 30.5 Å². The lowest BCUT2D eigenvalue weighted by atomic mass is 10.1. The second kappa shape index (κ2) is 6.58. The minimum Gasteiger partial charge on any atom is -0.370 e. The number of carbonyl (C=O) groups excluding carboxylic acids is 1. The fourth-order valence-corrected chi connectivity index (χ4v) is 2.96. The number of morpholine rings is 1. The van der Waals surface area contributed by atoms with Crippen LogP contribution in [0.1, 0.15) is 22.0 Å². The van der Waals surface area contributed by atoms with Gasteiger partial charge in [-0.2, -0.15) is 0 Å². The Morgan fingerprint density at radius 1 is 1.23 bits per heavy atom. The minimum atomic E-state index is -0.400. The number of benzene rings is 2. The molecule has 0 saturated carbocycles. The average molecular weight is 364 g/mol. The largest absolute Gasteiger partial charge is 0.370 e. The van der Waals surface area contributed by atoms with E-state index in [1.54, 1.807) is 17.0 Å². The highest BCUT2D eigenvalue weighted by molar-refractivity contribution is 9.10. The van der Waals surface area contributed by atoms with Crippen LogP contribution in [0.15, 0.2) is 53.0 Å². The van der Waals surface area contributed by atoms with Crippen LogP contribution in [-0.2, 0) is 4.74 Å². The van der Waals surface area contributed by atoms with Crippen molar-refractivity contribution in [2.24, 2.45) is 0 Å². The number of carbonyl (C=O) groups is 1. The van der Waals surface area contributed by atoms with Crippen molar-refractivity contribution >= 4 is 21.8 Å². The first-order chi connectivity index (χ1) is 10.6. The van der Waals surface area contributed by atoms with Crippen molar-refractivity contribution in [1.82, 2.24) is 4.90 Å². The molecule has 3 nitrogen and oxygen atoms in total. The van der Waals surface area contributed by atoms with Gasteiger partial charge < -0.3 is 9.64 Å². The summed E-state index contributed by atoms with van der Waals surface area (Å²) in [6.07, 6.45) is -0.163. The Hall–Kier alpha value is -1.72. The number of ether oxygens (including phenoxy) is 1. The van der Waals surface area contributed by atoms with Crippen molar-refractivity contribution in [3.8, 4) is 0 Å². The lowest BCUT2D eigenvalue weighted by Gasteiger charge is -2.33. The van der Waals surface area contributed by atoms with Gasteiger partial charge in [-0.05, 0) is 35.9 Å². The minimum absolute atomic E-state index is 0.163. The van der Waals surface area contributed by atoms with Crippen LogP contribution in [0.3, 0.4) is 0 Å². The summed E-state index contributed by atoms with van der Waals surface area (Å²) in [6.45, 7) is 1.45. The van der Waals surface area contributed by atoms with Crippen LogP contribution in [0.4, 0.5) is 4.39 Å². The van der Waals surface area contributed by atoms with Gasteiger partial charge in [-0.15, -0.1) is 0 Å². The van der Waals surface area contributed by atoms with E-state index in [2.05, 4.69) is 15.9 Å². The highest BCUT2D eigenvalue weighted by Gasteiger charge is 2.26. The Balaban J connectivity index is 1.77. The summed E-state index contributed by atoms with van der Waals surface area (Å²) in [5, 5.41) is 0. The predicted octanol–water partition coefficient (Wildman–Crippen LogP) is 3.80. The Morgan fingerprint density at radius 3 is 2.82 bits per heavy atom. The number of amides is 1. The third-order valence-corrected chi connectivity index (χ3v) is 4.14. The normalized spacial score (nSPS) is 18.3. The van der Waals surface area contributed by atoms with Crippen LogP contribution < -0.4 is 0 Å². The highest BCUT2D eigenvalue weighted by Crippen LogP contribution is 2.25. The number of halogens is 2. The van der Waals surface area contributed by atoms with Gasteiger partial charge in [0, 0.05) is 16.6 Å². The lowest BCUT2D eigenvalue weighted by molar-refractivity contribution is -0.0228. The van der Waals surface area contributed by atoms with E-state index in [9.17, 15) is 9.18 Å². The summed E-state index contributed by atoms with van der Waals surface area (Å²) in [6, 6.07) is 13.6. The summed E-state index contributed by atoms with van der Waals surface area (Å²) in [5.41, 5.74) is 1.39. The Morgan fingerprint density at radius 2 is 2.05 bits per heavy atom. The van der Waals surface area contributed by atoms with Crippen LogP contribution in [0, 0.1) is 5.82 Å². The highest BCUT2D eigenvalue weighted by atomic mass is 79.9. The van der Waals surface area contributed by atoms with Crippen molar-refractivity contribution in [1.29, 1.82) is 0 Å². The van der Waals surface area contributed by atoms with Gasteiger partial charge in [-0.25, -0.2) is 4.39 Å². The summed E-state index contributed by atoms with van der Waals surface area (Å²) in [5.74, 6) is -0.564. The molecule has 5 heteroatoms. The summed E-state index contributed by atoms with van der Waals surface area (Å²) in [7, 11) is 0. The van der Waals surface area contributed by atoms with Crippen molar-refractivity contribution < 1.29 is 13.9 Å². The van der Waals surface area contributed by atoms with Crippen LogP contribution in [0.2, 0.25) is 0 Å². The molecule has 1 saturated heterocycles. The number of hydrogen-bond donors (Lipinski definition) is 0. The zero-order valence-electron chi connectivity index (χ0n) is 11.8. The summed E-state index contributed by atoms with van der Waals surface area (Å²) in [4.78, 5) is 14.2. The molecule has 1 aliphatic heterocycles. The van der Waals surface area contributed by atoms with Crippen LogP contribution in [0.5, 0.6) is 0 Å². The van der Waals surface area contributed by atoms with Gasteiger partial charge in [0.2, 0.25) is 0 Å². The second-order valence-electron chi connectivity index (χ2n) is 5.18. The fourth-order valence-electron chi connectivity index (χ4n) is 2.55. The Kier molecular flexibility index (Phi) is 4.55. The quantitative estimate of drug-likeness (QED) is 0.811. The van der Waals surface area contributed by atoms with Gasteiger partial charge in [0.1, 0.15) is 11.9 Å². The van der Waals surface area contributed by atoms with E-state index in [4.69, 9.17) is 4.74 Å². The smallest absolute Gasteiger partial charge is 0.254 e. The Labute approximate surface area is 136 Å². The van der Waals surface area contributed by atoms with E-state index >= 15 is 0 Å². The van der Waals surface area contributed by atoms with Gasteiger partial charge in [0.25, 0.3) is 5.91 Å². The molecule has 1 fully saturated rings. The molecule has 0 bridgehead atoms. The molecule has 2 aromatic rings. The van der Waals surface area contributed by atoms with E-state index in [0.717, 1.165) is 10.0 Å². The molecule has 0 aromatic heterocycles. The van der Waals surface area contributed by atoms with E-state index in [1.807, 2.05) is 24.3 Å². The van der Waals surface area contributed by atoms with E-state index in [0.29, 0.717) is 25.3 Å². The fraction of sp³-hybridized carbons (Fsp3) is 0.235. The maximum Gasteiger partial charge on any atom is 0.254 e. The van der Waals surface area contributed by atoms with Crippen molar-refractivity contribution in [3.63, 3.8) is 0 Å². The topological polar surface area (TPSA) is 29.5 Å². The van der Waals surface area contributed by atoms with Crippen molar-refractivity contribution in [3.05, 3.63) is 69.9 Å². The number of nitrogens with zero attached hydrogens (tertiary/aromatic N) is 1. The maximum atomic E-state index is 13.3. The predicted molar refractivity (Wildman–Crippen MR) is 85.1 cm³/mol. The van der Waals surface area contributed by atoms with Gasteiger partial charge in [-0.1, -0.05) is 34.1 Å². The second-order valence-corrected chi connectivity index (χ2v) is 6.09. The molecule has 1 atom stereocenters. The molecule has 0 N–H and O–H groups in total. The molecule has 0 radical (unpaired) electrons. The zero-order valence-corrected chi connectivity index (χ0v) is 13.4. The first kappa shape index (κ1) is 15.2. The van der Waals surface area contributed by atoms with Gasteiger partial charge in [-0.3, -0.25) is 4.79 Å². The number of rotatable bonds is 2. The molecule has 0 aliphatic carbocycles. The van der Waals surface area contributed by atoms with Crippen LogP contribution >= 0.6 is 15.9 Å². The molecule has 1 unspecified atom stereocenters. The first-order valence-electron chi connectivity index (χ1n) is 7.05. The zero-order chi connectivity index (χ0) is 15.5. The van der Waals surface area contributed by atoms with Crippen molar-refractivity contribution in [2.75, 3.05) is 19.7 Å². The standard InChI is InChI=1S/C17H15BrFNO2/c18-14-5-1-3-12(9-14)16-11-20(7-8-22-16)17(21)13-4-2-6-15(19)10-13/h1-6,9-10,16H,7-8,11H2. The monoisotopic (exact) mass is 363 g/mol. The van der Waals surface area contributed by atoms with Gasteiger partial charge in [0.05, 0.1) is 13.2 Å². The molecule has 0 spiro atoms. The summed E-state index contributed by atoms with van der Waals surface area (Å²) < 4.78 is 20.0. The third kappa shape index (κ3) is 3.36. The van der Waals surface area contributed by atoms with Crippen LogP contribution in [0.25, 0.3) is 0 Å². The number of hydrogen-bond acceptors (Lipinski definition) is 2. The first-order valence-corrected chi connectivity index (χ1v) is 7.85. The molecule has 22 heavy (non-hydrogen) atoms. The molecule has 1 aliphatic rings. The SMILES string of the molecule is O=C(c1cccc(F)c1)N1CCOC(c2cccc(Br)c2)C1. The van der Waals surface area contributed by atoms with E-state index in [-0.39, 0.29) is 12.0 Å². The molecule has 2 aromatic carbocycles. The Bertz CT molecular complexity index is 692. The molecule has 1 heterocycles. The molecular weight excluding hydrogens is 349 g/mol. The van der Waals surface area contributed by atoms with Gasteiger partial charge >= 0.3 is 0 Å². The maximum absolute atomic E-state index is 13.3.